The zero-order valence-electron chi connectivity index (χ0n) is 13.3. The summed E-state index contributed by atoms with van der Waals surface area (Å²) in [7, 11) is 2.16. The minimum Gasteiger partial charge on any atom is -0.388 e. The van der Waals surface area contributed by atoms with Gasteiger partial charge >= 0.3 is 0 Å². The number of nitrogens with one attached hydrogen (secondary N) is 1. The summed E-state index contributed by atoms with van der Waals surface area (Å²) in [5.41, 5.74) is 6.02. The van der Waals surface area contributed by atoms with Crippen molar-refractivity contribution >= 4 is 10.9 Å². The van der Waals surface area contributed by atoms with Gasteiger partial charge in [0.2, 0.25) is 0 Å². The predicted octanol–water partition coefficient (Wildman–Crippen LogP) is 2.83. The summed E-state index contributed by atoms with van der Waals surface area (Å²) in [6.07, 6.45) is 4.63. The highest BCUT2D eigenvalue weighted by Gasteiger charge is 2.20. The number of rotatable bonds is 3. The number of pyridine rings is 1. The van der Waals surface area contributed by atoms with Crippen molar-refractivity contribution in [3.63, 3.8) is 0 Å². The fourth-order valence-electron chi connectivity index (χ4n) is 3.54. The normalized spacial score (nSPS) is 16.4. The third kappa shape index (κ3) is 2.64. The molecule has 4 heteroatoms. The standard InChI is InChI=1S/C19H21N3O/c1-22-10-7-15-16-4-2-3-14(19(16)21-17(15)12-22)11-18(23)13-5-8-20-9-6-13/h2-6,8-9,18,21,23H,7,10-12H2,1H3. The molecule has 0 amide bonds. The molecule has 1 aliphatic heterocycles. The molecule has 1 unspecified atom stereocenters. The molecule has 23 heavy (non-hydrogen) atoms. The van der Waals surface area contributed by atoms with Crippen LogP contribution in [0.1, 0.15) is 28.5 Å². The molecule has 0 bridgehead atoms. The van der Waals surface area contributed by atoms with Gasteiger partial charge in [-0.15, -0.1) is 0 Å². The Hall–Kier alpha value is -2.17. The molecule has 0 aliphatic carbocycles. The number of aliphatic hydroxyl groups excluding tert-OH is 1. The molecule has 4 rings (SSSR count). The Morgan fingerprint density at radius 3 is 2.91 bits per heavy atom. The van der Waals surface area contributed by atoms with E-state index in [0.717, 1.165) is 25.1 Å². The Bertz CT molecular complexity index is 825. The van der Waals surface area contributed by atoms with Crippen molar-refractivity contribution in [1.82, 2.24) is 14.9 Å². The third-order valence-electron chi connectivity index (χ3n) is 4.79. The van der Waals surface area contributed by atoms with Gasteiger partial charge in [-0.05, 0) is 42.3 Å². The van der Waals surface area contributed by atoms with Crippen molar-refractivity contribution in [2.45, 2.75) is 25.5 Å². The number of H-pyrrole nitrogens is 1. The Kier molecular flexibility index (Phi) is 3.63. The van der Waals surface area contributed by atoms with Gasteiger partial charge in [0.25, 0.3) is 0 Å². The van der Waals surface area contributed by atoms with Crippen molar-refractivity contribution in [2.75, 3.05) is 13.6 Å². The van der Waals surface area contributed by atoms with Crippen molar-refractivity contribution in [2.24, 2.45) is 0 Å². The molecule has 2 N–H and O–H groups in total. The molecule has 0 spiro atoms. The molecule has 3 heterocycles. The van der Waals surface area contributed by atoms with Gasteiger partial charge in [-0.25, -0.2) is 0 Å². The number of hydrogen-bond acceptors (Lipinski definition) is 3. The lowest BCUT2D eigenvalue weighted by atomic mass is 9.98. The molecule has 4 nitrogen and oxygen atoms in total. The number of likely N-dealkylation sites (N-methyl/N-ethyl adjacent to an activating group) is 1. The minimum atomic E-state index is -0.508. The van der Waals surface area contributed by atoms with Gasteiger partial charge in [-0.3, -0.25) is 4.98 Å². The Morgan fingerprint density at radius 2 is 2.09 bits per heavy atom. The van der Waals surface area contributed by atoms with Gasteiger partial charge in [0.1, 0.15) is 0 Å². The number of aliphatic hydroxyl groups is 1. The Balaban J connectivity index is 1.71. The fraction of sp³-hybridized carbons (Fsp3) is 0.316. The van der Waals surface area contributed by atoms with E-state index >= 15 is 0 Å². The lowest BCUT2D eigenvalue weighted by Gasteiger charge is -2.22. The van der Waals surface area contributed by atoms with Crippen LogP contribution in [0.15, 0.2) is 42.7 Å². The van der Waals surface area contributed by atoms with Crippen LogP contribution in [0.25, 0.3) is 10.9 Å². The number of hydrogen-bond donors (Lipinski definition) is 2. The highest BCUT2D eigenvalue weighted by molar-refractivity contribution is 5.87. The Labute approximate surface area is 135 Å². The van der Waals surface area contributed by atoms with Crippen LogP contribution in [-0.4, -0.2) is 33.6 Å². The van der Waals surface area contributed by atoms with E-state index in [4.69, 9.17) is 0 Å². The van der Waals surface area contributed by atoms with Gasteiger partial charge in [0, 0.05) is 48.5 Å². The van der Waals surface area contributed by atoms with Crippen molar-refractivity contribution in [3.05, 3.63) is 65.1 Å². The third-order valence-corrected chi connectivity index (χ3v) is 4.79. The van der Waals surface area contributed by atoms with E-state index in [1.807, 2.05) is 12.1 Å². The average molecular weight is 307 g/mol. The summed E-state index contributed by atoms with van der Waals surface area (Å²) in [6.45, 7) is 2.07. The zero-order chi connectivity index (χ0) is 15.8. The molecule has 0 saturated heterocycles. The summed E-state index contributed by atoms with van der Waals surface area (Å²) >= 11 is 0. The summed E-state index contributed by atoms with van der Waals surface area (Å²) in [6, 6.07) is 10.2. The van der Waals surface area contributed by atoms with Crippen LogP contribution in [0.2, 0.25) is 0 Å². The topological polar surface area (TPSA) is 52.2 Å². The van der Waals surface area contributed by atoms with Crippen LogP contribution in [0, 0.1) is 0 Å². The molecule has 2 aromatic heterocycles. The van der Waals surface area contributed by atoms with E-state index in [1.54, 1.807) is 12.4 Å². The number of nitrogens with zero attached hydrogens (tertiary/aromatic N) is 2. The monoisotopic (exact) mass is 307 g/mol. The van der Waals surface area contributed by atoms with Crippen LogP contribution in [0.3, 0.4) is 0 Å². The molecule has 0 saturated carbocycles. The maximum atomic E-state index is 10.5. The highest BCUT2D eigenvalue weighted by atomic mass is 16.3. The van der Waals surface area contributed by atoms with Gasteiger partial charge in [-0.1, -0.05) is 18.2 Å². The van der Waals surface area contributed by atoms with Crippen molar-refractivity contribution in [1.29, 1.82) is 0 Å². The molecule has 3 aromatic rings. The van der Waals surface area contributed by atoms with Crippen LogP contribution in [0.5, 0.6) is 0 Å². The van der Waals surface area contributed by atoms with E-state index in [-0.39, 0.29) is 0 Å². The van der Waals surface area contributed by atoms with Crippen LogP contribution in [-0.2, 0) is 19.4 Å². The lowest BCUT2D eigenvalue weighted by Crippen LogP contribution is -2.26. The van der Waals surface area contributed by atoms with E-state index in [0.29, 0.717) is 6.42 Å². The van der Waals surface area contributed by atoms with E-state index in [2.05, 4.69) is 40.1 Å². The molecule has 1 atom stereocenters. The maximum Gasteiger partial charge on any atom is 0.0832 e. The molecular weight excluding hydrogens is 286 g/mol. The number of fused-ring (bicyclic) bond motifs is 3. The molecular formula is C19H21N3O. The maximum absolute atomic E-state index is 10.5. The molecule has 0 radical (unpaired) electrons. The van der Waals surface area contributed by atoms with Crippen LogP contribution < -0.4 is 0 Å². The largest absolute Gasteiger partial charge is 0.388 e. The summed E-state index contributed by atoms with van der Waals surface area (Å²) < 4.78 is 0. The predicted molar refractivity (Wildman–Crippen MR) is 91.2 cm³/mol. The molecule has 1 aromatic carbocycles. The summed E-state index contributed by atoms with van der Waals surface area (Å²) in [4.78, 5) is 9.96. The molecule has 118 valence electrons. The van der Waals surface area contributed by atoms with Gasteiger partial charge in [0.15, 0.2) is 0 Å². The zero-order valence-corrected chi connectivity index (χ0v) is 13.3. The second kappa shape index (κ2) is 5.80. The number of aromatic nitrogens is 2. The highest BCUT2D eigenvalue weighted by Crippen LogP contribution is 2.31. The number of benzene rings is 1. The summed E-state index contributed by atoms with van der Waals surface area (Å²) in [5.74, 6) is 0. The van der Waals surface area contributed by atoms with Crippen LogP contribution in [0.4, 0.5) is 0 Å². The van der Waals surface area contributed by atoms with Gasteiger partial charge < -0.3 is 15.0 Å². The van der Waals surface area contributed by atoms with E-state index in [1.165, 1.54) is 27.7 Å². The quantitative estimate of drug-likeness (QED) is 0.782. The first-order valence-electron chi connectivity index (χ1n) is 8.10. The van der Waals surface area contributed by atoms with Crippen LogP contribution >= 0.6 is 0 Å². The fourth-order valence-corrected chi connectivity index (χ4v) is 3.54. The molecule has 1 aliphatic rings. The first-order chi connectivity index (χ1) is 11.2. The molecule has 0 fully saturated rings. The number of para-hydroxylation sites is 1. The number of aromatic amines is 1. The van der Waals surface area contributed by atoms with Crippen molar-refractivity contribution < 1.29 is 5.11 Å². The second-order valence-corrected chi connectivity index (χ2v) is 6.41. The lowest BCUT2D eigenvalue weighted by molar-refractivity contribution is 0.178. The van der Waals surface area contributed by atoms with Crippen molar-refractivity contribution in [3.8, 4) is 0 Å². The SMILES string of the molecule is CN1CCc2c([nH]c3c(CC(O)c4ccncc4)cccc23)C1. The van der Waals surface area contributed by atoms with E-state index < -0.39 is 6.10 Å². The second-order valence-electron chi connectivity index (χ2n) is 6.41. The Morgan fingerprint density at radius 1 is 1.26 bits per heavy atom. The minimum absolute atomic E-state index is 0.508. The first-order valence-corrected chi connectivity index (χ1v) is 8.10. The van der Waals surface area contributed by atoms with E-state index in [9.17, 15) is 5.11 Å². The smallest absolute Gasteiger partial charge is 0.0832 e. The van der Waals surface area contributed by atoms with Gasteiger partial charge in [0.05, 0.1) is 6.10 Å². The average Bonchev–Trinajstić information content (AvgIpc) is 2.94. The summed E-state index contributed by atoms with van der Waals surface area (Å²) in [5, 5.41) is 11.8. The van der Waals surface area contributed by atoms with Gasteiger partial charge in [-0.2, -0.15) is 0 Å². The first kappa shape index (κ1) is 14.4.